The molecule has 5 rings (SSSR count). The summed E-state index contributed by atoms with van der Waals surface area (Å²) >= 11 is 6.76. The van der Waals surface area contributed by atoms with E-state index < -0.39 is 0 Å². The Labute approximate surface area is 173 Å². The van der Waals surface area contributed by atoms with Crippen LogP contribution >= 0.6 is 11.6 Å². The summed E-state index contributed by atoms with van der Waals surface area (Å²) in [5.74, 6) is -0.255. The topological polar surface area (TPSA) is 50.2 Å². The van der Waals surface area contributed by atoms with E-state index in [1.807, 2.05) is 36.1 Å². The molecule has 29 heavy (non-hydrogen) atoms. The Kier molecular flexibility index (Phi) is 4.32. The van der Waals surface area contributed by atoms with Gasteiger partial charge >= 0.3 is 0 Å². The standard InChI is InChI=1S/C22H20ClFN4O/c1-13-19(20(23)27(26-13)12-14-6-8-15(24)9-7-14)21-25-18-5-3-2-4-17(18)22(29)28(21)16-10-11-16/h2-9,16,21,25H,10-12H2,1H3. The second kappa shape index (κ2) is 6.88. The highest BCUT2D eigenvalue weighted by Gasteiger charge is 2.43. The molecular weight excluding hydrogens is 391 g/mol. The van der Waals surface area contributed by atoms with Crippen molar-refractivity contribution in [3.8, 4) is 0 Å². The van der Waals surface area contributed by atoms with Crippen LogP contribution in [0, 0.1) is 12.7 Å². The second-order valence-corrected chi connectivity index (χ2v) is 7.97. The molecule has 1 aliphatic heterocycles. The van der Waals surface area contributed by atoms with Gasteiger partial charge in [-0.2, -0.15) is 5.10 Å². The number of carbonyl (C=O) groups is 1. The fourth-order valence-corrected chi connectivity index (χ4v) is 4.29. The third kappa shape index (κ3) is 3.17. The number of para-hydroxylation sites is 1. The number of hydrogen-bond donors (Lipinski definition) is 1. The molecule has 3 aromatic rings. The van der Waals surface area contributed by atoms with Gasteiger partial charge in [0.15, 0.2) is 0 Å². The zero-order chi connectivity index (χ0) is 20.1. The largest absolute Gasteiger partial charge is 0.361 e. The summed E-state index contributed by atoms with van der Waals surface area (Å²) in [6.07, 6.45) is 1.62. The molecule has 1 unspecified atom stereocenters. The van der Waals surface area contributed by atoms with Crippen LogP contribution in [0.15, 0.2) is 48.5 Å². The lowest BCUT2D eigenvalue weighted by Gasteiger charge is -2.38. The van der Waals surface area contributed by atoms with Gasteiger partial charge in [0.05, 0.1) is 23.4 Å². The van der Waals surface area contributed by atoms with Crippen molar-refractivity contribution >= 4 is 23.2 Å². The van der Waals surface area contributed by atoms with Crippen LogP contribution in [0.2, 0.25) is 5.15 Å². The fourth-order valence-electron chi connectivity index (χ4n) is 3.95. The van der Waals surface area contributed by atoms with Crippen molar-refractivity contribution in [2.24, 2.45) is 0 Å². The third-order valence-corrected chi connectivity index (χ3v) is 5.93. The highest BCUT2D eigenvalue weighted by Crippen LogP contribution is 2.43. The maximum absolute atomic E-state index is 13.2. The molecule has 1 aromatic heterocycles. The number of rotatable bonds is 4. The molecule has 148 valence electrons. The smallest absolute Gasteiger partial charge is 0.258 e. The van der Waals surface area contributed by atoms with E-state index in [2.05, 4.69) is 10.4 Å². The molecule has 0 spiro atoms. The second-order valence-electron chi connectivity index (χ2n) is 7.61. The first-order valence-electron chi connectivity index (χ1n) is 9.68. The molecule has 0 radical (unpaired) electrons. The number of nitrogens with zero attached hydrogens (tertiary/aromatic N) is 3. The first-order valence-corrected chi connectivity index (χ1v) is 10.1. The summed E-state index contributed by atoms with van der Waals surface area (Å²) in [5, 5.41) is 8.60. The molecule has 2 heterocycles. The molecule has 2 aliphatic rings. The van der Waals surface area contributed by atoms with Crippen molar-refractivity contribution in [1.82, 2.24) is 14.7 Å². The summed E-state index contributed by atoms with van der Waals surface area (Å²) in [5.41, 5.74) is 3.97. The maximum Gasteiger partial charge on any atom is 0.258 e. The van der Waals surface area contributed by atoms with Crippen LogP contribution in [-0.2, 0) is 6.54 Å². The van der Waals surface area contributed by atoms with E-state index in [9.17, 15) is 9.18 Å². The summed E-state index contributed by atoms with van der Waals surface area (Å²) < 4.78 is 14.9. The van der Waals surface area contributed by atoms with Gasteiger partial charge in [-0.15, -0.1) is 0 Å². The number of amides is 1. The fraction of sp³-hybridized carbons (Fsp3) is 0.273. The normalized spacial score (nSPS) is 18.5. The molecule has 7 heteroatoms. The zero-order valence-corrected chi connectivity index (χ0v) is 16.7. The molecular formula is C22H20ClFN4O. The van der Waals surface area contributed by atoms with E-state index in [1.165, 1.54) is 12.1 Å². The first kappa shape index (κ1) is 18.2. The summed E-state index contributed by atoms with van der Waals surface area (Å²) in [6.45, 7) is 2.33. The lowest BCUT2D eigenvalue weighted by atomic mass is 10.0. The molecule has 1 N–H and O–H groups in total. The van der Waals surface area contributed by atoms with E-state index in [0.717, 1.165) is 35.3 Å². The first-order chi connectivity index (χ1) is 14.0. The van der Waals surface area contributed by atoms with Crippen molar-refractivity contribution in [3.63, 3.8) is 0 Å². The maximum atomic E-state index is 13.2. The lowest BCUT2D eigenvalue weighted by Crippen LogP contribution is -2.44. The van der Waals surface area contributed by atoms with E-state index in [4.69, 9.17) is 11.6 Å². The average Bonchev–Trinajstić information content (AvgIpc) is 3.50. The summed E-state index contributed by atoms with van der Waals surface area (Å²) in [6, 6.07) is 14.1. The number of aromatic nitrogens is 2. The molecule has 2 aromatic carbocycles. The van der Waals surface area contributed by atoms with Gasteiger partial charge < -0.3 is 10.2 Å². The average molecular weight is 411 g/mol. The Hall–Kier alpha value is -2.86. The van der Waals surface area contributed by atoms with Crippen LogP contribution in [0.25, 0.3) is 0 Å². The number of benzene rings is 2. The minimum absolute atomic E-state index is 0.0219. The van der Waals surface area contributed by atoms with Crippen molar-refractivity contribution in [2.75, 3.05) is 5.32 Å². The van der Waals surface area contributed by atoms with Crippen LogP contribution in [0.1, 0.15) is 46.2 Å². The molecule has 1 atom stereocenters. The van der Waals surface area contributed by atoms with E-state index in [0.29, 0.717) is 17.3 Å². The molecule has 5 nitrogen and oxygen atoms in total. The van der Waals surface area contributed by atoms with Gasteiger partial charge in [0, 0.05) is 11.7 Å². The van der Waals surface area contributed by atoms with Gasteiger partial charge in [-0.1, -0.05) is 35.9 Å². The van der Waals surface area contributed by atoms with Gasteiger partial charge in [0.2, 0.25) is 0 Å². The molecule has 0 saturated heterocycles. The number of carbonyl (C=O) groups excluding carboxylic acids is 1. The van der Waals surface area contributed by atoms with Crippen molar-refractivity contribution in [3.05, 3.63) is 81.9 Å². The van der Waals surface area contributed by atoms with Gasteiger partial charge in [-0.3, -0.25) is 4.79 Å². The van der Waals surface area contributed by atoms with Gasteiger partial charge in [0.1, 0.15) is 17.1 Å². The number of aryl methyl sites for hydroxylation is 1. The number of hydrogen-bond acceptors (Lipinski definition) is 3. The number of fused-ring (bicyclic) bond motifs is 1. The van der Waals surface area contributed by atoms with E-state index >= 15 is 0 Å². The molecule has 1 amide bonds. The highest BCUT2D eigenvalue weighted by atomic mass is 35.5. The number of halogens is 2. The minimum Gasteiger partial charge on any atom is -0.361 e. The molecule has 1 aliphatic carbocycles. The van der Waals surface area contributed by atoms with Crippen LogP contribution in [0.4, 0.5) is 10.1 Å². The number of nitrogens with one attached hydrogen (secondary N) is 1. The van der Waals surface area contributed by atoms with Crippen LogP contribution in [-0.4, -0.2) is 26.6 Å². The Morgan fingerprint density at radius 2 is 1.90 bits per heavy atom. The highest BCUT2D eigenvalue weighted by molar-refractivity contribution is 6.30. The quantitative estimate of drug-likeness (QED) is 0.674. The van der Waals surface area contributed by atoms with Gasteiger partial charge in [-0.25, -0.2) is 9.07 Å². The predicted octanol–water partition coefficient (Wildman–Crippen LogP) is 4.76. The molecule has 1 fully saturated rings. The zero-order valence-electron chi connectivity index (χ0n) is 15.9. The van der Waals surface area contributed by atoms with Crippen molar-refractivity contribution in [1.29, 1.82) is 0 Å². The number of anilines is 1. The summed E-state index contributed by atoms with van der Waals surface area (Å²) in [4.78, 5) is 15.1. The Morgan fingerprint density at radius 1 is 1.17 bits per heavy atom. The summed E-state index contributed by atoms with van der Waals surface area (Å²) in [7, 11) is 0. The predicted molar refractivity (Wildman–Crippen MR) is 109 cm³/mol. The Morgan fingerprint density at radius 3 is 2.62 bits per heavy atom. The SMILES string of the molecule is Cc1nn(Cc2ccc(F)cc2)c(Cl)c1C1Nc2ccccc2C(=O)N1C1CC1. The van der Waals surface area contributed by atoms with Gasteiger partial charge in [0.25, 0.3) is 5.91 Å². The Bertz CT molecular complexity index is 1090. The van der Waals surface area contributed by atoms with Crippen LogP contribution < -0.4 is 5.32 Å². The molecule has 1 saturated carbocycles. The van der Waals surface area contributed by atoms with Gasteiger partial charge in [-0.05, 0) is 49.6 Å². The monoisotopic (exact) mass is 410 g/mol. The Balaban J connectivity index is 1.53. The van der Waals surface area contributed by atoms with Crippen LogP contribution in [0.3, 0.4) is 0 Å². The minimum atomic E-state index is -0.362. The van der Waals surface area contributed by atoms with Crippen LogP contribution in [0.5, 0.6) is 0 Å². The van der Waals surface area contributed by atoms with Crippen molar-refractivity contribution in [2.45, 2.75) is 38.5 Å². The molecule has 0 bridgehead atoms. The lowest BCUT2D eigenvalue weighted by molar-refractivity contribution is 0.0666. The van der Waals surface area contributed by atoms with E-state index in [1.54, 1.807) is 16.8 Å². The third-order valence-electron chi connectivity index (χ3n) is 5.53. The van der Waals surface area contributed by atoms with Crippen molar-refractivity contribution < 1.29 is 9.18 Å². The van der Waals surface area contributed by atoms with E-state index in [-0.39, 0.29) is 23.9 Å².